The normalized spacial score (nSPS) is 27.1. The van der Waals surface area contributed by atoms with Crippen LogP contribution in [0.15, 0.2) is 24.3 Å². The lowest BCUT2D eigenvalue weighted by atomic mass is 9.90. The highest BCUT2D eigenvalue weighted by Crippen LogP contribution is 2.39. The summed E-state index contributed by atoms with van der Waals surface area (Å²) in [6, 6.07) is 17.1. The van der Waals surface area contributed by atoms with Gasteiger partial charge in [0, 0.05) is 113 Å². The van der Waals surface area contributed by atoms with E-state index in [1.54, 1.807) is 5.56 Å². The first-order chi connectivity index (χ1) is 37.2. The van der Waals surface area contributed by atoms with Gasteiger partial charge in [0.15, 0.2) is 0 Å². The van der Waals surface area contributed by atoms with Gasteiger partial charge in [0.1, 0.15) is 0 Å². The van der Waals surface area contributed by atoms with Crippen molar-refractivity contribution in [3.8, 4) is 0 Å². The summed E-state index contributed by atoms with van der Waals surface area (Å²) in [6.45, 7) is 66.1. The highest BCUT2D eigenvalue weighted by molar-refractivity contribution is 5.29. The van der Waals surface area contributed by atoms with Gasteiger partial charge in [-0.15, -0.1) is 0 Å². The third kappa shape index (κ3) is 26.8. The predicted molar refractivity (Wildman–Crippen MR) is 349 cm³/mol. The molecule has 1 aromatic rings. The van der Waals surface area contributed by atoms with Crippen LogP contribution in [-0.2, 0) is 13.0 Å². The summed E-state index contributed by atoms with van der Waals surface area (Å²) in [5, 5.41) is 0. The summed E-state index contributed by atoms with van der Waals surface area (Å²) in [4.78, 5) is 18.4. The second-order valence-corrected chi connectivity index (χ2v) is 24.4. The van der Waals surface area contributed by atoms with Crippen LogP contribution in [0.25, 0.3) is 0 Å². The van der Waals surface area contributed by atoms with E-state index in [1.807, 2.05) is 83.1 Å². The first-order valence-electron chi connectivity index (χ1n) is 34.5. The second kappa shape index (κ2) is 44.5. The van der Waals surface area contributed by atoms with Gasteiger partial charge in [-0.3, -0.25) is 29.4 Å². The zero-order chi connectivity index (χ0) is 58.6. The summed E-state index contributed by atoms with van der Waals surface area (Å²) in [5.41, 5.74) is 3.06. The molecule has 7 heterocycles. The van der Waals surface area contributed by atoms with Gasteiger partial charge < -0.3 is 4.90 Å². The highest BCUT2D eigenvalue weighted by Gasteiger charge is 2.39. The molecule has 9 fully saturated rings. The maximum Gasteiger partial charge on any atom is 0.0239 e. The average Bonchev–Trinajstić information content (AvgIpc) is 4.29. The fourth-order valence-corrected chi connectivity index (χ4v) is 13.7. The number of piperazine rings is 1. The van der Waals surface area contributed by atoms with E-state index in [2.05, 4.69) is 142 Å². The van der Waals surface area contributed by atoms with Crippen molar-refractivity contribution < 1.29 is 0 Å². The molecule has 0 N–H and O–H groups in total. The molecule has 77 heavy (non-hydrogen) atoms. The molecule has 10 aliphatic rings. The maximum atomic E-state index is 2.73. The Labute approximate surface area is 486 Å². The molecule has 0 spiro atoms. The van der Waals surface area contributed by atoms with E-state index in [0.29, 0.717) is 6.04 Å². The molecule has 7 heteroatoms. The van der Waals surface area contributed by atoms with E-state index in [1.165, 1.54) is 174 Å². The molecule has 0 amide bonds. The Morgan fingerprint density at radius 2 is 0.740 bits per heavy atom. The maximum absolute atomic E-state index is 2.73. The molecule has 7 unspecified atom stereocenters. The molecular weight excluding hydrogens is 939 g/mol. The number of fused-ring (bicyclic) bond motifs is 8. The van der Waals surface area contributed by atoms with E-state index in [9.17, 15) is 0 Å². The van der Waals surface area contributed by atoms with Crippen LogP contribution in [0.5, 0.6) is 0 Å². The van der Waals surface area contributed by atoms with Crippen LogP contribution in [0.2, 0.25) is 0 Å². The van der Waals surface area contributed by atoms with E-state index in [0.717, 1.165) is 78.7 Å². The average molecular weight is 1080 g/mol. The van der Waals surface area contributed by atoms with Gasteiger partial charge in [0.25, 0.3) is 0 Å². The van der Waals surface area contributed by atoms with Crippen molar-refractivity contribution >= 4 is 0 Å². The van der Waals surface area contributed by atoms with Gasteiger partial charge in [-0.1, -0.05) is 127 Å². The Bertz CT molecular complexity index is 1470. The third-order valence-electron chi connectivity index (χ3n) is 17.9. The van der Waals surface area contributed by atoms with E-state index < -0.39 is 0 Å². The van der Waals surface area contributed by atoms with Gasteiger partial charge in [-0.25, -0.2) is 0 Å². The number of nitrogens with zero attached hydrogens (tertiary/aromatic N) is 7. The Morgan fingerprint density at radius 1 is 0.325 bits per heavy atom. The molecule has 7 aliphatic heterocycles. The van der Waals surface area contributed by atoms with Crippen molar-refractivity contribution in [3.63, 3.8) is 0 Å². The second-order valence-electron chi connectivity index (χ2n) is 24.4. The summed E-state index contributed by atoms with van der Waals surface area (Å²) in [6.07, 6.45) is 23.4. The Kier molecular flexibility index (Phi) is 43.9. The minimum Gasteiger partial charge on any atom is -0.301 e. The number of hydrogen-bond acceptors (Lipinski definition) is 7. The minimum absolute atomic E-state index is 0.674. The standard InChI is InChI=1S/C12H17N.C11H21N.C10H20N2.C10H19N.C9H17N.C6H13N.6C2H6/c1-10(2)13-8-7-11-5-3-4-6-12(11)9-13;1-9(2)12-8-10-5-3-4-6-11(12)7-10;1-9(2)12-7-6-11-5-3-4-10(11)8-12;1-8(2)11-7-9-4-3-5-10(11)6-9;1-7(2)10-6-8-3-4-9(10)5-8;1-6(2)7-4-3-5-7;6*1-2/h3-6,10H,7-9H2,1-2H3;9-11H,3-8H2,1-2H3;9-10H,3-8H2,1-2H3;8-10H,3-7H2,1-2H3;7-9H,3-6H2,1-2H3;6H,3-5H2,1-2H3;6*1-2H3. The smallest absolute Gasteiger partial charge is 0.0239 e. The van der Waals surface area contributed by atoms with Gasteiger partial charge in [0.05, 0.1) is 0 Å². The monoisotopic (exact) mass is 1080 g/mol. The molecule has 3 aliphatic carbocycles. The Balaban J connectivity index is 0.000000870. The van der Waals surface area contributed by atoms with Gasteiger partial charge in [-0.2, -0.15) is 0 Å². The number of rotatable bonds is 6. The molecule has 1 aromatic carbocycles. The van der Waals surface area contributed by atoms with E-state index in [4.69, 9.17) is 0 Å². The van der Waals surface area contributed by atoms with Crippen LogP contribution in [0, 0.1) is 17.8 Å². The molecule has 0 radical (unpaired) electrons. The predicted octanol–water partition coefficient (Wildman–Crippen LogP) is 17.7. The summed E-state index contributed by atoms with van der Waals surface area (Å²) >= 11 is 0. The van der Waals surface area contributed by atoms with Crippen molar-refractivity contribution in [2.45, 2.75) is 336 Å². The lowest BCUT2D eigenvalue weighted by Crippen LogP contribution is -2.52. The quantitative estimate of drug-likeness (QED) is 0.280. The molecule has 7 atom stereocenters. The number of benzene rings is 1. The Morgan fingerprint density at radius 3 is 1.16 bits per heavy atom. The fourth-order valence-electron chi connectivity index (χ4n) is 13.7. The van der Waals surface area contributed by atoms with Gasteiger partial charge >= 0.3 is 0 Å². The molecule has 7 nitrogen and oxygen atoms in total. The highest BCUT2D eigenvalue weighted by atomic mass is 15.3. The Hall–Kier alpha value is -1.06. The first-order valence-corrected chi connectivity index (χ1v) is 34.5. The van der Waals surface area contributed by atoms with Gasteiger partial charge in [0.2, 0.25) is 0 Å². The van der Waals surface area contributed by atoms with Crippen molar-refractivity contribution in [1.82, 2.24) is 34.3 Å². The van der Waals surface area contributed by atoms with Crippen LogP contribution in [0.1, 0.15) is 274 Å². The summed E-state index contributed by atoms with van der Waals surface area (Å²) < 4.78 is 0. The minimum atomic E-state index is 0.674. The zero-order valence-corrected chi connectivity index (χ0v) is 57.0. The van der Waals surface area contributed by atoms with Crippen LogP contribution in [0.3, 0.4) is 0 Å². The number of piperidine rings is 1. The topological polar surface area (TPSA) is 22.7 Å². The van der Waals surface area contributed by atoms with E-state index in [-0.39, 0.29) is 0 Å². The van der Waals surface area contributed by atoms with Crippen molar-refractivity contribution in [3.05, 3.63) is 35.4 Å². The van der Waals surface area contributed by atoms with Crippen LogP contribution >= 0.6 is 0 Å². The van der Waals surface area contributed by atoms with Gasteiger partial charge in [-0.05, 0) is 215 Å². The molecule has 6 saturated heterocycles. The summed E-state index contributed by atoms with van der Waals surface area (Å²) in [5.74, 6) is 3.16. The molecular formula is C70H143N7. The SMILES string of the molecule is CC.CC.CC.CC.CC.CC.CC(C)N1CC2CCC1C2.CC(C)N1CC2CCCC1C2.CC(C)N1CC2CCCCC1C2.CC(C)N1CCC1.CC(C)N1CCN2CCCC2C1.CC(C)N1CCc2ccccc2C1. The molecule has 3 saturated carbocycles. The lowest BCUT2D eigenvalue weighted by molar-refractivity contribution is 0.0827. The number of likely N-dealkylation sites (tertiary alicyclic amines) is 4. The zero-order valence-electron chi connectivity index (χ0n) is 57.0. The molecule has 458 valence electrons. The van der Waals surface area contributed by atoms with E-state index >= 15 is 0 Å². The fraction of sp³-hybridized carbons (Fsp3) is 0.914. The van der Waals surface area contributed by atoms with Crippen LogP contribution in [-0.4, -0.2) is 160 Å². The van der Waals surface area contributed by atoms with Crippen LogP contribution < -0.4 is 0 Å². The summed E-state index contributed by atoms with van der Waals surface area (Å²) in [7, 11) is 0. The molecule has 11 rings (SSSR count). The molecule has 6 bridgehead atoms. The van der Waals surface area contributed by atoms with Crippen molar-refractivity contribution in [1.29, 1.82) is 0 Å². The molecule has 0 aromatic heterocycles. The third-order valence-corrected chi connectivity index (χ3v) is 17.9. The first kappa shape index (κ1) is 75.9. The van der Waals surface area contributed by atoms with Crippen molar-refractivity contribution in [2.75, 3.05) is 65.4 Å². The van der Waals surface area contributed by atoms with Crippen LogP contribution in [0.4, 0.5) is 0 Å². The largest absolute Gasteiger partial charge is 0.301 e. The van der Waals surface area contributed by atoms with Crippen molar-refractivity contribution in [2.24, 2.45) is 17.8 Å². The lowest BCUT2D eigenvalue weighted by Gasteiger charge is -2.39. The number of hydrogen-bond donors (Lipinski definition) is 0.